The standard InChI is InChI=1S/C18H16N2O3S/c1-12-16(20-18(23-12)14-6-4-3-5-7-14)10-22-17(21)9-8-15-11-24-13(2)19-15/h3-9,11H,10H2,1-2H3/b9-8+. The number of carbonyl (C=O) groups is 1. The molecule has 0 saturated heterocycles. The molecule has 1 aromatic carbocycles. The predicted molar refractivity (Wildman–Crippen MR) is 92.4 cm³/mol. The Morgan fingerprint density at radius 1 is 1.25 bits per heavy atom. The van der Waals surface area contributed by atoms with Gasteiger partial charge in [0, 0.05) is 17.0 Å². The number of aromatic nitrogens is 2. The molecule has 0 bridgehead atoms. The van der Waals surface area contributed by atoms with Gasteiger partial charge in [-0.1, -0.05) is 18.2 Å². The number of hydrogen-bond acceptors (Lipinski definition) is 6. The van der Waals surface area contributed by atoms with Gasteiger partial charge in [-0.05, 0) is 32.1 Å². The lowest BCUT2D eigenvalue weighted by Gasteiger charge is -1.98. The van der Waals surface area contributed by atoms with Crippen molar-refractivity contribution in [2.75, 3.05) is 0 Å². The van der Waals surface area contributed by atoms with Crippen molar-refractivity contribution in [1.29, 1.82) is 0 Å². The lowest BCUT2D eigenvalue weighted by atomic mass is 10.2. The molecule has 6 heteroatoms. The summed E-state index contributed by atoms with van der Waals surface area (Å²) in [6.45, 7) is 3.79. The molecule has 0 atom stereocenters. The van der Waals surface area contributed by atoms with Crippen LogP contribution >= 0.6 is 11.3 Å². The fourth-order valence-corrected chi connectivity index (χ4v) is 2.64. The summed E-state index contributed by atoms with van der Waals surface area (Å²) < 4.78 is 10.9. The number of esters is 1. The summed E-state index contributed by atoms with van der Waals surface area (Å²) in [7, 11) is 0. The molecule has 0 fully saturated rings. The van der Waals surface area contributed by atoms with Gasteiger partial charge in [-0.2, -0.15) is 0 Å². The summed E-state index contributed by atoms with van der Waals surface area (Å²) in [5.74, 6) is 0.720. The maximum Gasteiger partial charge on any atom is 0.331 e. The van der Waals surface area contributed by atoms with E-state index in [1.165, 1.54) is 17.4 Å². The van der Waals surface area contributed by atoms with Crippen LogP contribution in [0.3, 0.4) is 0 Å². The van der Waals surface area contributed by atoms with Crippen LogP contribution in [-0.4, -0.2) is 15.9 Å². The highest BCUT2D eigenvalue weighted by atomic mass is 32.1. The first kappa shape index (κ1) is 16.1. The lowest BCUT2D eigenvalue weighted by molar-refractivity contribution is -0.139. The average molecular weight is 340 g/mol. The second-order valence-electron chi connectivity index (χ2n) is 5.12. The highest BCUT2D eigenvalue weighted by Crippen LogP contribution is 2.21. The maximum atomic E-state index is 11.8. The third-order valence-electron chi connectivity index (χ3n) is 3.29. The van der Waals surface area contributed by atoms with Crippen molar-refractivity contribution in [2.45, 2.75) is 20.5 Å². The van der Waals surface area contributed by atoms with Gasteiger partial charge in [0.05, 0.1) is 10.7 Å². The SMILES string of the molecule is Cc1nc(/C=C/C(=O)OCc2nc(-c3ccccc3)oc2C)cs1. The van der Waals surface area contributed by atoms with Crippen LogP contribution in [0.4, 0.5) is 0 Å². The van der Waals surface area contributed by atoms with E-state index in [-0.39, 0.29) is 6.61 Å². The quantitative estimate of drug-likeness (QED) is 0.515. The van der Waals surface area contributed by atoms with E-state index in [0.29, 0.717) is 17.3 Å². The van der Waals surface area contributed by atoms with Gasteiger partial charge in [-0.25, -0.2) is 14.8 Å². The third-order valence-corrected chi connectivity index (χ3v) is 4.08. The summed E-state index contributed by atoms with van der Waals surface area (Å²) in [4.78, 5) is 20.4. The molecule has 24 heavy (non-hydrogen) atoms. The van der Waals surface area contributed by atoms with Crippen molar-refractivity contribution in [3.8, 4) is 11.5 Å². The number of rotatable bonds is 5. The molecule has 2 heterocycles. The Balaban J connectivity index is 1.61. The van der Waals surface area contributed by atoms with Gasteiger partial charge in [-0.3, -0.25) is 0 Å². The van der Waals surface area contributed by atoms with Crippen molar-refractivity contribution < 1.29 is 13.9 Å². The van der Waals surface area contributed by atoms with Gasteiger partial charge in [0.25, 0.3) is 0 Å². The first-order valence-corrected chi connectivity index (χ1v) is 8.28. The number of carbonyl (C=O) groups excluding carboxylic acids is 1. The smallest absolute Gasteiger partial charge is 0.331 e. The van der Waals surface area contributed by atoms with Gasteiger partial charge in [-0.15, -0.1) is 11.3 Å². The summed E-state index contributed by atoms with van der Waals surface area (Å²) in [5.41, 5.74) is 2.25. The Morgan fingerprint density at radius 3 is 2.75 bits per heavy atom. The molecule has 0 spiro atoms. The zero-order valence-corrected chi connectivity index (χ0v) is 14.2. The summed E-state index contributed by atoms with van der Waals surface area (Å²) in [5, 5.41) is 2.84. The molecule has 0 aliphatic carbocycles. The van der Waals surface area contributed by atoms with E-state index in [9.17, 15) is 4.79 Å². The average Bonchev–Trinajstić information content (AvgIpc) is 3.17. The van der Waals surface area contributed by atoms with Crippen molar-refractivity contribution >= 4 is 23.4 Å². The first-order chi connectivity index (χ1) is 11.6. The van der Waals surface area contributed by atoms with Gasteiger partial charge in [0.15, 0.2) is 0 Å². The van der Waals surface area contributed by atoms with Gasteiger partial charge in [0.2, 0.25) is 5.89 Å². The number of oxazole rings is 1. The number of ether oxygens (including phenoxy) is 1. The fourth-order valence-electron chi connectivity index (χ4n) is 2.06. The minimum Gasteiger partial charge on any atom is -0.456 e. The predicted octanol–water partition coefficient (Wildman–Crippen LogP) is 4.17. The number of hydrogen-bond donors (Lipinski definition) is 0. The summed E-state index contributed by atoms with van der Waals surface area (Å²) in [6.07, 6.45) is 3.00. The van der Waals surface area contributed by atoms with E-state index in [4.69, 9.17) is 9.15 Å². The molecule has 0 amide bonds. The molecule has 0 saturated carbocycles. The minimum atomic E-state index is -0.440. The lowest BCUT2D eigenvalue weighted by Crippen LogP contribution is -2.02. The molecule has 2 aromatic heterocycles. The molecule has 122 valence electrons. The van der Waals surface area contributed by atoms with Crippen LogP contribution in [0.2, 0.25) is 0 Å². The fraction of sp³-hybridized carbons (Fsp3) is 0.167. The van der Waals surface area contributed by atoms with E-state index in [2.05, 4.69) is 9.97 Å². The van der Waals surface area contributed by atoms with Gasteiger partial charge >= 0.3 is 5.97 Å². The number of benzene rings is 1. The van der Waals surface area contributed by atoms with Crippen molar-refractivity contribution in [2.24, 2.45) is 0 Å². The topological polar surface area (TPSA) is 65.2 Å². The van der Waals surface area contributed by atoms with Crippen LogP contribution in [0.5, 0.6) is 0 Å². The summed E-state index contributed by atoms with van der Waals surface area (Å²) >= 11 is 1.53. The van der Waals surface area contributed by atoms with Crippen LogP contribution in [0.25, 0.3) is 17.5 Å². The Kier molecular flexibility index (Phi) is 4.86. The number of thiazole rings is 1. The molecule has 0 aliphatic heterocycles. The largest absolute Gasteiger partial charge is 0.456 e. The van der Waals surface area contributed by atoms with Crippen LogP contribution in [0.1, 0.15) is 22.2 Å². The Hall–Kier alpha value is -2.73. The monoisotopic (exact) mass is 340 g/mol. The molecular formula is C18H16N2O3S. The Bertz CT molecular complexity index is 866. The van der Waals surface area contributed by atoms with Crippen LogP contribution in [0.15, 0.2) is 46.2 Å². The summed E-state index contributed by atoms with van der Waals surface area (Å²) in [6, 6.07) is 9.59. The highest BCUT2D eigenvalue weighted by molar-refractivity contribution is 7.09. The molecule has 0 radical (unpaired) electrons. The Labute approximate surface area is 143 Å². The molecule has 0 N–H and O–H groups in total. The normalized spacial score (nSPS) is 11.1. The van der Waals surface area contributed by atoms with Crippen LogP contribution < -0.4 is 0 Å². The van der Waals surface area contributed by atoms with E-state index in [1.54, 1.807) is 13.0 Å². The van der Waals surface area contributed by atoms with Crippen molar-refractivity contribution in [3.05, 3.63) is 63.9 Å². The molecule has 3 aromatic rings. The molecule has 5 nitrogen and oxygen atoms in total. The van der Waals surface area contributed by atoms with Crippen LogP contribution in [0, 0.1) is 13.8 Å². The van der Waals surface area contributed by atoms with Gasteiger partial charge in [0.1, 0.15) is 18.1 Å². The minimum absolute atomic E-state index is 0.0709. The second kappa shape index (κ2) is 7.23. The van der Waals surface area contributed by atoms with E-state index >= 15 is 0 Å². The number of aryl methyl sites for hydroxylation is 2. The molecule has 0 aliphatic rings. The number of nitrogens with zero attached hydrogens (tertiary/aromatic N) is 2. The maximum absolute atomic E-state index is 11.8. The highest BCUT2D eigenvalue weighted by Gasteiger charge is 2.12. The molecule has 0 unspecified atom stereocenters. The van der Waals surface area contributed by atoms with E-state index in [1.807, 2.05) is 42.6 Å². The zero-order chi connectivity index (χ0) is 16.9. The van der Waals surface area contributed by atoms with Crippen molar-refractivity contribution in [3.63, 3.8) is 0 Å². The molecule has 3 rings (SSSR count). The molecular weight excluding hydrogens is 324 g/mol. The van der Waals surface area contributed by atoms with Crippen LogP contribution in [-0.2, 0) is 16.1 Å². The second-order valence-corrected chi connectivity index (χ2v) is 6.18. The Morgan fingerprint density at radius 2 is 2.04 bits per heavy atom. The van der Waals surface area contributed by atoms with E-state index < -0.39 is 5.97 Å². The third kappa shape index (κ3) is 3.97. The van der Waals surface area contributed by atoms with E-state index in [0.717, 1.165) is 16.3 Å². The first-order valence-electron chi connectivity index (χ1n) is 7.40. The zero-order valence-electron chi connectivity index (χ0n) is 13.4. The van der Waals surface area contributed by atoms with Crippen molar-refractivity contribution in [1.82, 2.24) is 9.97 Å². The van der Waals surface area contributed by atoms with Gasteiger partial charge < -0.3 is 9.15 Å².